The molecule has 0 aliphatic carbocycles. The minimum Gasteiger partial charge on any atom is -0.493 e. The third kappa shape index (κ3) is 5.88. The number of amides is 5. The number of barbiturate groups is 1. The molecule has 4 rings (SSSR count). The van der Waals surface area contributed by atoms with Gasteiger partial charge in [0.05, 0.1) is 17.3 Å². The average molecular weight is 627 g/mol. The lowest BCUT2D eigenvalue weighted by molar-refractivity contribution is -0.122. The van der Waals surface area contributed by atoms with Crippen LogP contribution in [0.25, 0.3) is 6.08 Å². The highest BCUT2D eigenvalue weighted by atomic mass is 79.9. The Morgan fingerprint density at radius 3 is 2.52 bits per heavy atom. The van der Waals surface area contributed by atoms with E-state index in [2.05, 4.69) is 26.6 Å². The van der Waals surface area contributed by atoms with Crippen molar-refractivity contribution in [3.05, 3.63) is 85.9 Å². The van der Waals surface area contributed by atoms with E-state index in [4.69, 9.17) is 21.1 Å². The molecule has 40 heavy (non-hydrogen) atoms. The highest BCUT2D eigenvalue weighted by Crippen LogP contribution is 2.38. The van der Waals surface area contributed by atoms with E-state index in [1.165, 1.54) is 13.2 Å². The third-order valence-electron chi connectivity index (χ3n) is 6.37. The summed E-state index contributed by atoms with van der Waals surface area (Å²) >= 11 is 9.60. The fraction of sp³-hybridized carbons (Fsp3) is 0.172. The minimum absolute atomic E-state index is 0.253. The molecule has 3 aromatic rings. The molecule has 0 spiro atoms. The first kappa shape index (κ1) is 28.8. The SMILES string of the molecule is COc1cc(/C=C2/C(=O)NC(=O)N(c3cccc(Cl)c3C)C2=O)cc(Br)c1OCC(=O)Nc1cccc(C)c1C. The van der Waals surface area contributed by atoms with Gasteiger partial charge in [-0.05, 0) is 95.4 Å². The van der Waals surface area contributed by atoms with Crippen LogP contribution in [-0.2, 0) is 14.4 Å². The molecule has 0 bridgehead atoms. The molecule has 206 valence electrons. The Morgan fingerprint density at radius 2 is 1.80 bits per heavy atom. The molecule has 1 aliphatic heterocycles. The van der Waals surface area contributed by atoms with Crippen LogP contribution in [0.15, 0.2) is 58.6 Å². The molecule has 2 N–H and O–H groups in total. The summed E-state index contributed by atoms with van der Waals surface area (Å²) in [5, 5.41) is 5.39. The molecular formula is C29H25BrClN3O6. The highest BCUT2D eigenvalue weighted by molar-refractivity contribution is 9.10. The summed E-state index contributed by atoms with van der Waals surface area (Å²) in [6.45, 7) is 5.25. The van der Waals surface area contributed by atoms with Crippen LogP contribution in [0.4, 0.5) is 16.2 Å². The predicted octanol–water partition coefficient (Wildman–Crippen LogP) is 5.72. The smallest absolute Gasteiger partial charge is 0.335 e. The van der Waals surface area contributed by atoms with E-state index < -0.39 is 17.8 Å². The van der Waals surface area contributed by atoms with E-state index in [1.807, 2.05) is 32.0 Å². The first-order valence-electron chi connectivity index (χ1n) is 12.0. The molecule has 11 heteroatoms. The Hall–Kier alpha value is -4.15. The van der Waals surface area contributed by atoms with Gasteiger partial charge in [0.15, 0.2) is 18.1 Å². The van der Waals surface area contributed by atoms with Crippen molar-refractivity contribution in [3.63, 3.8) is 0 Å². The maximum absolute atomic E-state index is 13.3. The van der Waals surface area contributed by atoms with Crippen LogP contribution in [0.5, 0.6) is 11.5 Å². The molecule has 0 unspecified atom stereocenters. The third-order valence-corrected chi connectivity index (χ3v) is 7.37. The number of benzene rings is 3. The second kappa shape index (κ2) is 11.9. The second-order valence-electron chi connectivity index (χ2n) is 8.96. The van der Waals surface area contributed by atoms with Crippen molar-refractivity contribution in [2.24, 2.45) is 0 Å². The fourth-order valence-corrected chi connectivity index (χ4v) is 4.80. The van der Waals surface area contributed by atoms with Gasteiger partial charge in [-0.1, -0.05) is 29.8 Å². The van der Waals surface area contributed by atoms with Gasteiger partial charge in [0.2, 0.25) is 0 Å². The van der Waals surface area contributed by atoms with E-state index in [1.54, 1.807) is 37.3 Å². The van der Waals surface area contributed by atoms with Crippen molar-refractivity contribution in [2.75, 3.05) is 23.9 Å². The minimum atomic E-state index is -0.876. The Kier molecular flexibility index (Phi) is 8.61. The van der Waals surface area contributed by atoms with Crippen LogP contribution in [0.2, 0.25) is 5.02 Å². The van der Waals surface area contributed by atoms with Crippen LogP contribution in [0.1, 0.15) is 22.3 Å². The number of carbonyl (C=O) groups excluding carboxylic acids is 4. The van der Waals surface area contributed by atoms with Gasteiger partial charge in [-0.3, -0.25) is 19.7 Å². The first-order valence-corrected chi connectivity index (χ1v) is 13.2. The maximum atomic E-state index is 13.3. The molecule has 1 saturated heterocycles. The topological polar surface area (TPSA) is 114 Å². The zero-order valence-corrected chi connectivity index (χ0v) is 24.4. The number of nitrogens with one attached hydrogen (secondary N) is 2. The van der Waals surface area contributed by atoms with Crippen LogP contribution in [0.3, 0.4) is 0 Å². The molecule has 0 aromatic heterocycles. The quantitative estimate of drug-likeness (QED) is 0.256. The molecule has 1 heterocycles. The summed E-state index contributed by atoms with van der Waals surface area (Å²) in [6, 6.07) is 12.7. The molecule has 1 aliphatic rings. The summed E-state index contributed by atoms with van der Waals surface area (Å²) in [5.41, 5.74) is 3.61. The van der Waals surface area contributed by atoms with Gasteiger partial charge >= 0.3 is 6.03 Å². The van der Waals surface area contributed by atoms with Crippen molar-refractivity contribution in [1.29, 1.82) is 0 Å². The van der Waals surface area contributed by atoms with Gasteiger partial charge in [0.1, 0.15) is 5.57 Å². The molecular weight excluding hydrogens is 602 g/mol. The van der Waals surface area contributed by atoms with Gasteiger partial charge in [-0.15, -0.1) is 0 Å². The van der Waals surface area contributed by atoms with Crippen molar-refractivity contribution in [1.82, 2.24) is 5.32 Å². The van der Waals surface area contributed by atoms with E-state index in [0.29, 0.717) is 26.3 Å². The molecule has 9 nitrogen and oxygen atoms in total. The number of anilines is 2. The summed E-state index contributed by atoms with van der Waals surface area (Å²) in [7, 11) is 1.42. The largest absolute Gasteiger partial charge is 0.493 e. The van der Waals surface area contributed by atoms with E-state index >= 15 is 0 Å². The highest BCUT2D eigenvalue weighted by Gasteiger charge is 2.37. The number of nitrogens with zero attached hydrogens (tertiary/aromatic N) is 1. The van der Waals surface area contributed by atoms with Crippen molar-refractivity contribution in [2.45, 2.75) is 20.8 Å². The number of aryl methyl sites for hydroxylation is 1. The van der Waals surface area contributed by atoms with Gasteiger partial charge in [-0.25, -0.2) is 9.69 Å². The Labute approximate surface area is 244 Å². The number of rotatable bonds is 7. The summed E-state index contributed by atoms with van der Waals surface area (Å²) < 4.78 is 11.6. The van der Waals surface area contributed by atoms with E-state index in [-0.39, 0.29) is 35.3 Å². The summed E-state index contributed by atoms with van der Waals surface area (Å²) in [6.07, 6.45) is 1.33. The number of urea groups is 1. The number of hydrogen-bond acceptors (Lipinski definition) is 6. The van der Waals surface area contributed by atoms with Crippen LogP contribution >= 0.6 is 27.5 Å². The summed E-state index contributed by atoms with van der Waals surface area (Å²) in [4.78, 5) is 52.0. The molecule has 5 amide bonds. The van der Waals surface area contributed by atoms with Gasteiger partial charge < -0.3 is 14.8 Å². The normalized spacial score (nSPS) is 14.3. The number of carbonyl (C=O) groups is 4. The Balaban J connectivity index is 1.58. The zero-order chi connectivity index (χ0) is 29.1. The molecule has 0 atom stereocenters. The van der Waals surface area contributed by atoms with Gasteiger partial charge in [0.25, 0.3) is 17.7 Å². The Bertz CT molecular complexity index is 1590. The molecule has 0 radical (unpaired) electrons. The van der Waals surface area contributed by atoms with Crippen molar-refractivity contribution in [3.8, 4) is 11.5 Å². The number of hydrogen-bond donors (Lipinski definition) is 2. The molecule has 0 saturated carbocycles. The number of ether oxygens (including phenoxy) is 2. The van der Waals surface area contributed by atoms with Crippen molar-refractivity contribution < 1.29 is 28.7 Å². The summed E-state index contributed by atoms with van der Waals surface area (Å²) in [5.74, 6) is -1.50. The average Bonchev–Trinajstić information content (AvgIpc) is 2.90. The molecule has 3 aromatic carbocycles. The number of imide groups is 2. The lowest BCUT2D eigenvalue weighted by atomic mass is 10.1. The van der Waals surface area contributed by atoms with E-state index in [9.17, 15) is 19.2 Å². The Morgan fingerprint density at radius 1 is 1.07 bits per heavy atom. The maximum Gasteiger partial charge on any atom is 0.335 e. The van der Waals surface area contributed by atoms with Gasteiger partial charge in [-0.2, -0.15) is 0 Å². The zero-order valence-electron chi connectivity index (χ0n) is 22.1. The van der Waals surface area contributed by atoms with Crippen LogP contribution < -0.4 is 25.0 Å². The van der Waals surface area contributed by atoms with Crippen LogP contribution in [0, 0.1) is 20.8 Å². The number of methoxy groups -OCH3 is 1. The van der Waals surface area contributed by atoms with E-state index in [0.717, 1.165) is 16.0 Å². The van der Waals surface area contributed by atoms with Gasteiger partial charge in [0, 0.05) is 10.7 Å². The monoisotopic (exact) mass is 625 g/mol. The van der Waals surface area contributed by atoms with Crippen LogP contribution in [-0.4, -0.2) is 37.5 Å². The lowest BCUT2D eigenvalue weighted by Crippen LogP contribution is -2.54. The standard InChI is InChI=1S/C29H25BrClN3O6/c1-15-7-5-9-22(16(15)2)32-25(35)14-40-26-20(30)12-18(13-24(26)39-4)11-19-27(36)33-29(38)34(28(19)37)23-10-6-8-21(31)17(23)3/h5-13H,14H2,1-4H3,(H,32,35)(H,33,36,38)/b19-11-. The predicted molar refractivity (Wildman–Crippen MR) is 156 cm³/mol. The fourth-order valence-electron chi connectivity index (χ4n) is 4.05. The molecule has 1 fully saturated rings. The number of halogens is 2. The second-order valence-corrected chi connectivity index (χ2v) is 10.2. The van der Waals surface area contributed by atoms with Crippen molar-refractivity contribution >= 4 is 68.7 Å². The lowest BCUT2D eigenvalue weighted by Gasteiger charge is -2.27. The first-order chi connectivity index (χ1) is 19.0.